The van der Waals surface area contributed by atoms with Crippen molar-refractivity contribution in [1.82, 2.24) is 14.8 Å². The van der Waals surface area contributed by atoms with Crippen LogP contribution in [0.3, 0.4) is 0 Å². The third-order valence-corrected chi connectivity index (χ3v) is 9.53. The van der Waals surface area contributed by atoms with E-state index >= 15 is 0 Å². The fraction of sp³-hybridized carbons (Fsp3) is 0.333. The summed E-state index contributed by atoms with van der Waals surface area (Å²) in [4.78, 5) is 45.3. The number of pyridine rings is 1. The number of rotatable bonds is 8. The van der Waals surface area contributed by atoms with Gasteiger partial charge < -0.3 is 21.3 Å². The Morgan fingerprint density at radius 1 is 1.06 bits per heavy atom. The zero-order valence-electron chi connectivity index (χ0n) is 26.9. The number of aliphatic imine (C=N–C) groups is 2. The number of carbonyl (C=O) groups excluding carboxylic acids is 2. The fourth-order valence-corrected chi connectivity index (χ4v) is 6.82. The molecule has 3 aliphatic rings. The predicted octanol–water partition coefficient (Wildman–Crippen LogP) is 3.50. The number of nitrogens with two attached hydrogens (primary N) is 2. The van der Waals surface area contributed by atoms with Gasteiger partial charge in [-0.3, -0.25) is 29.9 Å². The Balaban J connectivity index is 1.06. The van der Waals surface area contributed by atoms with Crippen molar-refractivity contribution in [3.63, 3.8) is 0 Å². The molecular weight excluding hydrogens is 590 g/mol. The molecule has 3 aliphatic heterocycles. The van der Waals surface area contributed by atoms with Crippen LogP contribution < -0.4 is 16.4 Å². The van der Waals surface area contributed by atoms with Crippen LogP contribution in [0.15, 0.2) is 76.9 Å². The lowest BCUT2D eigenvalue weighted by atomic mass is 9.85. The Labute approximate surface area is 275 Å². The Morgan fingerprint density at radius 2 is 1.85 bits per heavy atom. The van der Waals surface area contributed by atoms with Crippen molar-refractivity contribution in [2.24, 2.45) is 21.1 Å². The number of likely N-dealkylation sites (tertiary alicyclic amines) is 1. The Morgan fingerprint density at radius 3 is 2.57 bits per heavy atom. The molecule has 11 nitrogen and oxygen atoms in total. The average molecular weight is 632 g/mol. The molecule has 6 rings (SSSR count). The van der Waals surface area contributed by atoms with Gasteiger partial charge in [0, 0.05) is 73.2 Å². The Kier molecular flexibility index (Phi) is 8.99. The van der Waals surface area contributed by atoms with Gasteiger partial charge >= 0.3 is 0 Å². The van der Waals surface area contributed by atoms with E-state index in [4.69, 9.17) is 16.9 Å². The standard InChI is InChI=1S/C36H41N9O2/c1-24-19-28(9-14-41-24)33(38)30-20-29(7-8-31(30)37)45-18-13-36(35(45)47)12-17-43(22-36)21-32(46)44-15-10-26(11-16-44)25-3-5-27(6-4-25)34(39)42-23-40-2/h3-10,14,19-20,23,38H,11-13,15-18,21-22,37H2,1-2H3,(H2,39,40,42)/t36-/m0/s1. The first-order chi connectivity index (χ1) is 22.7. The van der Waals surface area contributed by atoms with Gasteiger partial charge in [-0.25, -0.2) is 4.99 Å². The number of amides is 2. The molecular formula is C36H41N9O2. The van der Waals surface area contributed by atoms with E-state index in [-0.39, 0.29) is 11.8 Å². The van der Waals surface area contributed by atoms with E-state index in [1.165, 1.54) is 11.9 Å². The number of hydrogen-bond donors (Lipinski definition) is 3. The average Bonchev–Trinajstić information content (AvgIpc) is 3.65. The second-order valence-electron chi connectivity index (χ2n) is 12.6. The molecule has 4 heterocycles. The van der Waals surface area contributed by atoms with Crippen LogP contribution in [0, 0.1) is 17.7 Å². The number of aryl methyl sites for hydroxylation is 1. The van der Waals surface area contributed by atoms with Crippen molar-refractivity contribution < 1.29 is 9.59 Å². The number of amidine groups is 1. The van der Waals surface area contributed by atoms with Gasteiger partial charge in [-0.15, -0.1) is 0 Å². The van der Waals surface area contributed by atoms with Crippen LogP contribution in [0.1, 0.15) is 47.2 Å². The maximum Gasteiger partial charge on any atom is 0.237 e. The molecule has 2 aromatic carbocycles. The number of carbonyl (C=O) groups is 2. The molecule has 47 heavy (non-hydrogen) atoms. The highest BCUT2D eigenvalue weighted by molar-refractivity contribution is 6.15. The molecule has 1 spiro atoms. The number of anilines is 2. The highest BCUT2D eigenvalue weighted by atomic mass is 16.2. The van der Waals surface area contributed by atoms with Gasteiger partial charge in [0.1, 0.15) is 12.2 Å². The summed E-state index contributed by atoms with van der Waals surface area (Å²) in [5.41, 5.74) is 18.6. The lowest BCUT2D eigenvalue weighted by Gasteiger charge is -2.29. The van der Waals surface area contributed by atoms with Crippen molar-refractivity contribution >= 4 is 46.6 Å². The molecule has 1 atom stereocenters. The molecule has 0 aliphatic carbocycles. The van der Waals surface area contributed by atoms with Gasteiger partial charge in [0.05, 0.1) is 17.7 Å². The van der Waals surface area contributed by atoms with Crippen molar-refractivity contribution in [3.05, 3.63) is 94.8 Å². The van der Waals surface area contributed by atoms with Crippen molar-refractivity contribution in [3.8, 4) is 0 Å². The smallest absolute Gasteiger partial charge is 0.237 e. The topological polar surface area (TPSA) is 157 Å². The van der Waals surface area contributed by atoms with Crippen LogP contribution in [0.25, 0.3) is 5.57 Å². The minimum absolute atomic E-state index is 0.0811. The zero-order valence-corrected chi connectivity index (χ0v) is 26.9. The number of aromatic nitrogens is 1. The van der Waals surface area contributed by atoms with E-state index in [1.807, 2.05) is 59.2 Å². The third kappa shape index (κ3) is 6.57. The van der Waals surface area contributed by atoms with Crippen molar-refractivity contribution in [2.75, 3.05) is 56.9 Å². The summed E-state index contributed by atoms with van der Waals surface area (Å²) < 4.78 is 0. The van der Waals surface area contributed by atoms with Crippen LogP contribution >= 0.6 is 0 Å². The van der Waals surface area contributed by atoms with E-state index in [0.29, 0.717) is 62.1 Å². The largest absolute Gasteiger partial charge is 0.398 e. The molecule has 242 valence electrons. The summed E-state index contributed by atoms with van der Waals surface area (Å²) in [5.74, 6) is 0.585. The second-order valence-corrected chi connectivity index (χ2v) is 12.6. The molecule has 1 aromatic heterocycles. The first kappa shape index (κ1) is 31.8. The second kappa shape index (κ2) is 13.3. The van der Waals surface area contributed by atoms with Crippen LogP contribution in [0.2, 0.25) is 0 Å². The number of hydrogen-bond acceptors (Lipinski definition) is 7. The van der Waals surface area contributed by atoms with Gasteiger partial charge in [0.2, 0.25) is 11.8 Å². The van der Waals surface area contributed by atoms with Gasteiger partial charge in [-0.2, -0.15) is 0 Å². The molecule has 0 radical (unpaired) electrons. The molecule has 2 saturated heterocycles. The van der Waals surface area contributed by atoms with Crippen LogP contribution in [0.4, 0.5) is 11.4 Å². The maximum absolute atomic E-state index is 13.9. The van der Waals surface area contributed by atoms with E-state index in [9.17, 15) is 9.59 Å². The molecule has 2 fully saturated rings. The monoisotopic (exact) mass is 631 g/mol. The quantitative estimate of drug-likeness (QED) is 0.196. The summed E-state index contributed by atoms with van der Waals surface area (Å²) in [6.07, 6.45) is 7.47. The lowest BCUT2D eigenvalue weighted by Crippen LogP contribution is -2.43. The van der Waals surface area contributed by atoms with E-state index in [1.54, 1.807) is 25.4 Å². The highest BCUT2D eigenvalue weighted by Crippen LogP contribution is 2.43. The molecule has 11 heteroatoms. The van der Waals surface area contributed by atoms with Gasteiger partial charge in [-0.05, 0) is 74.2 Å². The summed E-state index contributed by atoms with van der Waals surface area (Å²) in [6.45, 7) is 5.29. The molecule has 0 saturated carbocycles. The van der Waals surface area contributed by atoms with E-state index < -0.39 is 5.41 Å². The van der Waals surface area contributed by atoms with Crippen molar-refractivity contribution in [2.45, 2.75) is 26.2 Å². The summed E-state index contributed by atoms with van der Waals surface area (Å²) in [6, 6.07) is 17.1. The molecule has 2 amide bonds. The lowest BCUT2D eigenvalue weighted by molar-refractivity contribution is -0.132. The molecule has 0 unspecified atom stereocenters. The van der Waals surface area contributed by atoms with Gasteiger partial charge in [0.15, 0.2) is 0 Å². The highest BCUT2D eigenvalue weighted by Gasteiger charge is 2.51. The SMILES string of the molecule is CN=CN=C(N)c1ccc(C2=CCN(C(=O)CN3CC[C@]4(CCN(c5ccc(N)c(C(=N)c6ccnc(C)c6)c5)C4=O)C3)CC2)cc1. The van der Waals surface area contributed by atoms with Crippen LogP contribution in [-0.4, -0.2) is 90.8 Å². The first-order valence-electron chi connectivity index (χ1n) is 15.9. The third-order valence-electron chi connectivity index (χ3n) is 9.53. The minimum Gasteiger partial charge on any atom is -0.398 e. The molecule has 5 N–H and O–H groups in total. The Hall–Kier alpha value is -5.16. The fourth-order valence-electron chi connectivity index (χ4n) is 6.82. The number of nitrogens with one attached hydrogen (secondary N) is 1. The van der Waals surface area contributed by atoms with Crippen LogP contribution in [-0.2, 0) is 9.59 Å². The molecule has 3 aromatic rings. The van der Waals surface area contributed by atoms with E-state index in [2.05, 4.69) is 25.9 Å². The number of nitrogens with zero attached hydrogens (tertiary/aromatic N) is 6. The van der Waals surface area contributed by atoms with Crippen molar-refractivity contribution in [1.29, 1.82) is 5.41 Å². The summed E-state index contributed by atoms with van der Waals surface area (Å²) in [7, 11) is 1.65. The van der Waals surface area contributed by atoms with Gasteiger partial charge in [-0.1, -0.05) is 30.3 Å². The van der Waals surface area contributed by atoms with E-state index in [0.717, 1.165) is 47.3 Å². The zero-order chi connectivity index (χ0) is 33.1. The Bertz CT molecular complexity index is 1800. The number of benzene rings is 2. The predicted molar refractivity (Wildman–Crippen MR) is 187 cm³/mol. The number of nitrogen functional groups attached to an aromatic ring is 1. The summed E-state index contributed by atoms with van der Waals surface area (Å²) >= 11 is 0. The maximum atomic E-state index is 13.9. The normalized spacial score (nSPS) is 20.4. The first-order valence-corrected chi connectivity index (χ1v) is 15.9. The minimum atomic E-state index is -0.504. The van der Waals surface area contributed by atoms with Gasteiger partial charge in [0.25, 0.3) is 0 Å². The van der Waals surface area contributed by atoms with Crippen LogP contribution in [0.5, 0.6) is 0 Å². The summed E-state index contributed by atoms with van der Waals surface area (Å²) in [5, 5.41) is 8.79. The molecule has 0 bridgehead atoms.